The van der Waals surface area contributed by atoms with Crippen LogP contribution in [-0.2, 0) is 17.6 Å². The maximum absolute atomic E-state index is 11.6. The minimum atomic E-state index is -0.253. The predicted octanol–water partition coefficient (Wildman–Crippen LogP) is 3.86. The lowest BCUT2D eigenvalue weighted by Crippen LogP contribution is -2.38. The molecule has 0 aliphatic heterocycles. The number of aromatic nitrogens is 3. The van der Waals surface area contributed by atoms with E-state index in [1.165, 1.54) is 10.4 Å². The first-order valence-electron chi connectivity index (χ1n) is 11.9. The van der Waals surface area contributed by atoms with Crippen molar-refractivity contribution in [3.8, 4) is 5.88 Å². The topological polar surface area (TPSA) is 94.2 Å². The van der Waals surface area contributed by atoms with Gasteiger partial charge in [0.25, 0.3) is 0 Å². The molecule has 5 rings (SSSR count). The van der Waals surface area contributed by atoms with Crippen LogP contribution in [0, 0.1) is 0 Å². The van der Waals surface area contributed by atoms with E-state index in [0.29, 0.717) is 18.3 Å². The lowest BCUT2D eigenvalue weighted by Gasteiger charge is -2.34. The highest BCUT2D eigenvalue weighted by atomic mass is 32.1. The Kier molecular flexibility index (Phi) is 6.55. The molecule has 1 unspecified atom stereocenters. The van der Waals surface area contributed by atoms with Crippen molar-refractivity contribution in [1.82, 2.24) is 19.9 Å². The van der Waals surface area contributed by atoms with E-state index in [1.807, 2.05) is 18.3 Å². The summed E-state index contributed by atoms with van der Waals surface area (Å²) in [5, 5.41) is 1.01. The number of primary amides is 1. The summed E-state index contributed by atoms with van der Waals surface area (Å²) in [7, 11) is 2.22. The van der Waals surface area contributed by atoms with Crippen LogP contribution in [0.2, 0.25) is 0 Å². The molecule has 2 aliphatic rings. The Hall–Kier alpha value is -2.58. The van der Waals surface area contributed by atoms with Crippen molar-refractivity contribution >= 4 is 27.5 Å². The van der Waals surface area contributed by atoms with Crippen LogP contribution in [0.15, 0.2) is 30.7 Å². The summed E-state index contributed by atoms with van der Waals surface area (Å²) >= 11 is 1.71. The third kappa shape index (κ3) is 4.87. The summed E-state index contributed by atoms with van der Waals surface area (Å²) < 4.78 is 6.47. The summed E-state index contributed by atoms with van der Waals surface area (Å²) in [6, 6.07) is 6.68. The fraction of sp³-hybridized carbons (Fsp3) is 0.520. The lowest BCUT2D eigenvalue weighted by molar-refractivity contribution is -0.118. The van der Waals surface area contributed by atoms with Crippen LogP contribution < -0.4 is 10.5 Å². The molecule has 2 aliphatic carbocycles. The normalized spacial score (nSPS) is 22.5. The fourth-order valence-corrected chi connectivity index (χ4v) is 6.59. The Balaban J connectivity index is 1.22. The van der Waals surface area contributed by atoms with Crippen LogP contribution in [0.3, 0.4) is 0 Å². The highest BCUT2D eigenvalue weighted by Crippen LogP contribution is 2.47. The number of pyridine rings is 1. The van der Waals surface area contributed by atoms with E-state index in [4.69, 9.17) is 10.5 Å². The Labute approximate surface area is 198 Å². The van der Waals surface area contributed by atoms with Crippen molar-refractivity contribution in [3.05, 3.63) is 46.9 Å². The van der Waals surface area contributed by atoms with Crippen LogP contribution in [0.5, 0.6) is 5.88 Å². The molecule has 0 radical (unpaired) electrons. The molecule has 0 spiro atoms. The number of rotatable bonds is 8. The van der Waals surface area contributed by atoms with Gasteiger partial charge in [-0.25, -0.2) is 9.97 Å². The molecule has 1 amide bonds. The van der Waals surface area contributed by atoms with Gasteiger partial charge in [-0.15, -0.1) is 11.3 Å². The monoisotopic (exact) mass is 465 g/mol. The fourth-order valence-electron chi connectivity index (χ4n) is 5.36. The molecule has 1 saturated carbocycles. The number of amides is 1. The molecular formula is C25H31N5O2S. The number of hydrogen-bond donors (Lipinski definition) is 1. The molecule has 3 aromatic heterocycles. The number of nitrogens with two attached hydrogens (primary N) is 1. The van der Waals surface area contributed by atoms with E-state index in [0.717, 1.165) is 67.4 Å². The van der Waals surface area contributed by atoms with Gasteiger partial charge >= 0.3 is 0 Å². The van der Waals surface area contributed by atoms with Gasteiger partial charge in [0.05, 0.1) is 5.39 Å². The summed E-state index contributed by atoms with van der Waals surface area (Å²) in [4.78, 5) is 29.8. The van der Waals surface area contributed by atoms with Crippen LogP contribution in [0.25, 0.3) is 10.2 Å². The third-order valence-corrected chi connectivity index (χ3v) is 8.31. The first kappa shape index (κ1) is 22.2. The molecule has 3 heterocycles. The van der Waals surface area contributed by atoms with Gasteiger partial charge in [0.1, 0.15) is 17.3 Å². The van der Waals surface area contributed by atoms with Gasteiger partial charge in [0, 0.05) is 42.2 Å². The molecule has 0 saturated heterocycles. The van der Waals surface area contributed by atoms with Gasteiger partial charge < -0.3 is 15.4 Å². The molecule has 0 bridgehead atoms. The van der Waals surface area contributed by atoms with Gasteiger partial charge in [0.15, 0.2) is 0 Å². The molecule has 8 heteroatoms. The molecule has 2 N–H and O–H groups in total. The first-order chi connectivity index (χ1) is 16.1. The summed E-state index contributed by atoms with van der Waals surface area (Å²) in [6.07, 6.45) is 11.2. The summed E-state index contributed by atoms with van der Waals surface area (Å²) in [5.74, 6) is 0.584. The molecule has 33 heavy (non-hydrogen) atoms. The van der Waals surface area contributed by atoms with E-state index >= 15 is 0 Å². The van der Waals surface area contributed by atoms with E-state index in [2.05, 4.69) is 33.0 Å². The van der Waals surface area contributed by atoms with E-state index in [-0.39, 0.29) is 17.9 Å². The number of ether oxygens (including phenoxy) is 1. The zero-order valence-corrected chi connectivity index (χ0v) is 19.9. The number of thiophene rings is 1. The van der Waals surface area contributed by atoms with Crippen LogP contribution >= 0.6 is 11.3 Å². The molecule has 3 aromatic rings. The highest BCUT2D eigenvalue weighted by Gasteiger charge is 2.32. The SMILES string of the molecule is CN(CCc1ccccn1)C1CCC(Oc2ncnc3sc4c(c23)C(CC(N)=O)CC4)CC1. The number of aryl methyl sites for hydroxylation is 1. The molecule has 1 fully saturated rings. The van der Waals surface area contributed by atoms with Crippen molar-refractivity contribution < 1.29 is 9.53 Å². The standard InChI is InChI=1S/C25H31N5O2S/c1-30(13-11-17-4-2-3-12-27-17)18-6-8-19(9-7-18)32-24-23-22-16(14-21(26)31)5-10-20(22)33-25(23)29-15-28-24/h2-4,12,15-16,18-19H,5-11,13-14H2,1H3,(H2,26,31). The molecule has 174 valence electrons. The van der Waals surface area contributed by atoms with Gasteiger partial charge in [-0.2, -0.15) is 0 Å². The lowest BCUT2D eigenvalue weighted by atomic mass is 9.92. The van der Waals surface area contributed by atoms with E-state index in [1.54, 1.807) is 17.7 Å². The van der Waals surface area contributed by atoms with E-state index in [9.17, 15) is 4.79 Å². The largest absolute Gasteiger partial charge is 0.474 e. The quantitative estimate of drug-likeness (QED) is 0.543. The second-order valence-electron chi connectivity index (χ2n) is 9.30. The van der Waals surface area contributed by atoms with E-state index < -0.39 is 0 Å². The van der Waals surface area contributed by atoms with Crippen LogP contribution in [0.4, 0.5) is 0 Å². The Morgan fingerprint density at radius 1 is 1.18 bits per heavy atom. The number of fused-ring (bicyclic) bond motifs is 3. The van der Waals surface area contributed by atoms with Crippen molar-refractivity contribution in [2.75, 3.05) is 13.6 Å². The van der Waals surface area contributed by atoms with Gasteiger partial charge in [-0.1, -0.05) is 6.07 Å². The average Bonchev–Trinajstić information content (AvgIpc) is 3.38. The smallest absolute Gasteiger partial charge is 0.225 e. The van der Waals surface area contributed by atoms with Crippen molar-refractivity contribution in [2.45, 2.75) is 69.4 Å². The summed E-state index contributed by atoms with van der Waals surface area (Å²) in [5.41, 5.74) is 7.86. The van der Waals surface area contributed by atoms with Gasteiger partial charge in [-0.3, -0.25) is 9.78 Å². The second kappa shape index (κ2) is 9.73. The number of likely N-dealkylation sites (N-methyl/N-ethyl adjacent to an activating group) is 1. The second-order valence-corrected chi connectivity index (χ2v) is 10.4. The minimum absolute atomic E-state index is 0.156. The predicted molar refractivity (Wildman–Crippen MR) is 130 cm³/mol. The molecule has 7 nitrogen and oxygen atoms in total. The maximum atomic E-state index is 11.6. The van der Waals surface area contributed by atoms with Gasteiger partial charge in [-0.05, 0) is 69.2 Å². The zero-order chi connectivity index (χ0) is 22.8. The number of carbonyl (C=O) groups excluding carboxylic acids is 1. The third-order valence-electron chi connectivity index (χ3n) is 7.14. The molecular weight excluding hydrogens is 434 g/mol. The molecule has 1 atom stereocenters. The maximum Gasteiger partial charge on any atom is 0.225 e. The van der Waals surface area contributed by atoms with Crippen molar-refractivity contribution in [3.63, 3.8) is 0 Å². The first-order valence-corrected chi connectivity index (χ1v) is 12.7. The Morgan fingerprint density at radius 2 is 2.03 bits per heavy atom. The Morgan fingerprint density at radius 3 is 2.79 bits per heavy atom. The van der Waals surface area contributed by atoms with Gasteiger partial charge in [0.2, 0.25) is 11.8 Å². The van der Waals surface area contributed by atoms with Crippen LogP contribution in [0.1, 0.15) is 60.6 Å². The highest BCUT2D eigenvalue weighted by molar-refractivity contribution is 7.19. The number of nitrogens with zero attached hydrogens (tertiary/aromatic N) is 4. The van der Waals surface area contributed by atoms with Crippen LogP contribution in [-0.4, -0.2) is 51.5 Å². The summed E-state index contributed by atoms with van der Waals surface area (Å²) in [6.45, 7) is 1.02. The minimum Gasteiger partial charge on any atom is -0.474 e. The zero-order valence-electron chi connectivity index (χ0n) is 19.1. The number of hydrogen-bond acceptors (Lipinski definition) is 7. The Bertz CT molecular complexity index is 1110. The van der Waals surface area contributed by atoms with Crippen molar-refractivity contribution in [2.24, 2.45) is 5.73 Å². The molecule has 0 aromatic carbocycles. The number of carbonyl (C=O) groups is 1. The van der Waals surface area contributed by atoms with Crippen molar-refractivity contribution in [1.29, 1.82) is 0 Å². The average molecular weight is 466 g/mol.